The second kappa shape index (κ2) is 5.19. The molecule has 0 N–H and O–H groups in total. The van der Waals surface area contributed by atoms with E-state index in [9.17, 15) is 0 Å². The van der Waals surface area contributed by atoms with Gasteiger partial charge in [-0.3, -0.25) is 0 Å². The van der Waals surface area contributed by atoms with E-state index < -0.39 is 0 Å². The third kappa shape index (κ3) is 3.06. The summed E-state index contributed by atoms with van der Waals surface area (Å²) < 4.78 is 5.21. The summed E-state index contributed by atoms with van der Waals surface area (Å²) in [6.45, 7) is 4.15. The summed E-state index contributed by atoms with van der Waals surface area (Å²) in [6.07, 6.45) is 5.09. The third-order valence-electron chi connectivity index (χ3n) is 1.40. The number of ether oxygens (including phenoxy) is 1. The molecule has 0 saturated heterocycles. The zero-order valence-electron chi connectivity index (χ0n) is 6.94. The highest BCUT2D eigenvalue weighted by Gasteiger charge is 1.86. The largest absolute Gasteiger partial charge is 0.497 e. The first-order valence-corrected chi connectivity index (χ1v) is 3.86. The smallest absolute Gasteiger partial charge is 0.112 e. The number of allylic oxidation sites excluding steroid dienone is 2. The maximum absolute atomic E-state index is 5.21. The molecule has 1 nitrogen and oxygen atoms in total. The van der Waals surface area contributed by atoms with Gasteiger partial charge in [0.15, 0.2) is 0 Å². The predicted octanol–water partition coefficient (Wildman–Crippen LogP) is 2.90. The molecule has 0 aliphatic heterocycles. The van der Waals surface area contributed by atoms with Crippen molar-refractivity contribution in [2.24, 2.45) is 0 Å². The van der Waals surface area contributed by atoms with Crippen molar-refractivity contribution in [1.82, 2.24) is 0 Å². The Bertz CT molecular complexity index is 249. The van der Waals surface area contributed by atoms with Crippen LogP contribution in [0.1, 0.15) is 5.56 Å². The van der Waals surface area contributed by atoms with Crippen LogP contribution < -0.4 is 0 Å². The molecule has 0 aliphatic rings. The monoisotopic (exact) mass is 160 g/mol. The van der Waals surface area contributed by atoms with Crippen molar-refractivity contribution >= 4 is 0 Å². The molecule has 0 bridgehead atoms. The molecule has 0 atom stereocenters. The van der Waals surface area contributed by atoms with Gasteiger partial charge in [0.2, 0.25) is 0 Å². The first kappa shape index (κ1) is 8.60. The lowest BCUT2D eigenvalue weighted by Gasteiger charge is -1.98. The fourth-order valence-electron chi connectivity index (χ4n) is 0.830. The summed E-state index contributed by atoms with van der Waals surface area (Å²) in [5, 5.41) is 0. The molecule has 0 radical (unpaired) electrons. The molecular weight excluding hydrogens is 148 g/mol. The molecule has 12 heavy (non-hydrogen) atoms. The van der Waals surface area contributed by atoms with Gasteiger partial charge in [-0.1, -0.05) is 43.0 Å². The Morgan fingerprint density at radius 3 is 2.67 bits per heavy atom. The minimum absolute atomic E-state index is 0.616. The van der Waals surface area contributed by atoms with Crippen molar-refractivity contribution < 1.29 is 4.74 Å². The number of benzene rings is 1. The molecule has 1 aromatic carbocycles. The zero-order chi connectivity index (χ0) is 8.65. The molecule has 1 aromatic rings. The molecule has 0 fully saturated rings. The maximum Gasteiger partial charge on any atom is 0.112 e. The number of hydrogen-bond donors (Lipinski definition) is 0. The Balaban J connectivity index is 2.33. The molecular formula is C11H12O. The Kier molecular flexibility index (Phi) is 3.72. The van der Waals surface area contributed by atoms with Crippen LogP contribution in [-0.4, -0.2) is 0 Å². The topological polar surface area (TPSA) is 9.23 Å². The standard InChI is InChI=1S/C11H12O/c1-2-3-9-12-10-11-7-5-4-6-8-11/h2-9H,1,10H2. The average molecular weight is 160 g/mol. The van der Waals surface area contributed by atoms with Crippen LogP contribution in [0.5, 0.6) is 0 Å². The molecule has 0 aliphatic carbocycles. The lowest BCUT2D eigenvalue weighted by molar-refractivity contribution is 0.236. The number of hydrogen-bond acceptors (Lipinski definition) is 1. The molecule has 0 unspecified atom stereocenters. The van der Waals surface area contributed by atoms with Crippen molar-refractivity contribution in [3.05, 3.63) is 60.9 Å². The first-order valence-electron chi connectivity index (χ1n) is 3.86. The van der Waals surface area contributed by atoms with Gasteiger partial charge in [-0.2, -0.15) is 0 Å². The van der Waals surface area contributed by atoms with E-state index in [1.165, 1.54) is 5.56 Å². The van der Waals surface area contributed by atoms with Crippen LogP contribution in [0.2, 0.25) is 0 Å². The second-order valence-corrected chi connectivity index (χ2v) is 2.36. The molecule has 62 valence electrons. The Morgan fingerprint density at radius 1 is 1.25 bits per heavy atom. The molecule has 0 saturated carbocycles. The Hall–Kier alpha value is -1.50. The van der Waals surface area contributed by atoms with Crippen LogP contribution in [0, 0.1) is 0 Å². The van der Waals surface area contributed by atoms with E-state index >= 15 is 0 Å². The van der Waals surface area contributed by atoms with Crippen molar-refractivity contribution in [2.45, 2.75) is 6.61 Å². The highest BCUT2D eigenvalue weighted by atomic mass is 16.5. The lowest BCUT2D eigenvalue weighted by Crippen LogP contribution is -1.84. The number of rotatable bonds is 4. The predicted molar refractivity (Wildman–Crippen MR) is 50.6 cm³/mol. The molecule has 0 aromatic heterocycles. The minimum Gasteiger partial charge on any atom is -0.497 e. The van der Waals surface area contributed by atoms with Crippen molar-refractivity contribution in [1.29, 1.82) is 0 Å². The third-order valence-corrected chi connectivity index (χ3v) is 1.40. The second-order valence-electron chi connectivity index (χ2n) is 2.36. The van der Waals surface area contributed by atoms with Crippen LogP contribution in [0.25, 0.3) is 0 Å². The van der Waals surface area contributed by atoms with Gasteiger partial charge in [-0.25, -0.2) is 0 Å². The molecule has 1 heteroatoms. The van der Waals surface area contributed by atoms with E-state index in [2.05, 4.69) is 6.58 Å². The van der Waals surface area contributed by atoms with Gasteiger partial charge in [0, 0.05) is 0 Å². The molecule has 0 spiro atoms. The van der Waals surface area contributed by atoms with E-state index in [-0.39, 0.29) is 0 Å². The summed E-state index contributed by atoms with van der Waals surface area (Å²) in [4.78, 5) is 0. The summed E-state index contributed by atoms with van der Waals surface area (Å²) >= 11 is 0. The van der Waals surface area contributed by atoms with Gasteiger partial charge >= 0.3 is 0 Å². The van der Waals surface area contributed by atoms with Gasteiger partial charge < -0.3 is 4.74 Å². The molecule has 1 rings (SSSR count). The fourth-order valence-corrected chi connectivity index (χ4v) is 0.830. The van der Waals surface area contributed by atoms with Gasteiger partial charge in [0.1, 0.15) is 6.61 Å². The SMILES string of the molecule is C=CC=COCc1ccccc1. The highest BCUT2D eigenvalue weighted by molar-refractivity contribution is 5.13. The summed E-state index contributed by atoms with van der Waals surface area (Å²) in [5.74, 6) is 0. The van der Waals surface area contributed by atoms with Crippen molar-refractivity contribution in [3.8, 4) is 0 Å². The Morgan fingerprint density at radius 2 is 2.00 bits per heavy atom. The quantitative estimate of drug-likeness (QED) is 0.486. The van der Waals surface area contributed by atoms with Crippen LogP contribution in [0.4, 0.5) is 0 Å². The van der Waals surface area contributed by atoms with Crippen LogP contribution in [0.15, 0.2) is 55.3 Å². The first-order chi connectivity index (χ1) is 5.93. The summed E-state index contributed by atoms with van der Waals surface area (Å²) in [7, 11) is 0. The maximum atomic E-state index is 5.21. The zero-order valence-corrected chi connectivity index (χ0v) is 6.94. The van der Waals surface area contributed by atoms with Crippen LogP contribution in [-0.2, 0) is 11.3 Å². The average Bonchev–Trinajstić information content (AvgIpc) is 2.14. The van der Waals surface area contributed by atoms with E-state index in [0.29, 0.717) is 6.61 Å². The highest BCUT2D eigenvalue weighted by Crippen LogP contribution is 2.00. The van der Waals surface area contributed by atoms with E-state index in [0.717, 1.165) is 0 Å². The normalized spacial score (nSPS) is 10.0. The summed E-state index contributed by atoms with van der Waals surface area (Å²) in [6, 6.07) is 10.0. The van der Waals surface area contributed by atoms with E-state index in [4.69, 9.17) is 4.74 Å². The molecule has 0 amide bonds. The summed E-state index contributed by atoms with van der Waals surface area (Å²) in [5.41, 5.74) is 1.17. The molecule has 0 heterocycles. The lowest BCUT2D eigenvalue weighted by atomic mass is 10.2. The van der Waals surface area contributed by atoms with Crippen molar-refractivity contribution in [3.63, 3.8) is 0 Å². The van der Waals surface area contributed by atoms with Gasteiger partial charge in [-0.15, -0.1) is 0 Å². The van der Waals surface area contributed by atoms with Crippen LogP contribution >= 0.6 is 0 Å². The minimum atomic E-state index is 0.616. The Labute approximate surface area is 73.0 Å². The van der Waals surface area contributed by atoms with Crippen LogP contribution in [0.3, 0.4) is 0 Å². The van der Waals surface area contributed by atoms with Gasteiger partial charge in [0.05, 0.1) is 6.26 Å². The van der Waals surface area contributed by atoms with Gasteiger partial charge in [0.25, 0.3) is 0 Å². The van der Waals surface area contributed by atoms with E-state index in [1.807, 2.05) is 30.3 Å². The van der Waals surface area contributed by atoms with E-state index in [1.54, 1.807) is 18.4 Å². The van der Waals surface area contributed by atoms with Gasteiger partial charge in [-0.05, 0) is 11.6 Å². The fraction of sp³-hybridized carbons (Fsp3) is 0.0909. The van der Waals surface area contributed by atoms with Crippen molar-refractivity contribution in [2.75, 3.05) is 0 Å².